The van der Waals surface area contributed by atoms with E-state index in [1.807, 2.05) is 0 Å². The third kappa shape index (κ3) is 6.65. The first kappa shape index (κ1) is 24.5. The molecule has 1 aromatic carbocycles. The summed E-state index contributed by atoms with van der Waals surface area (Å²) in [5.41, 5.74) is -2.25. The van der Waals surface area contributed by atoms with Crippen LogP contribution >= 0.6 is 0 Å². The Morgan fingerprint density at radius 1 is 1.21 bits per heavy atom. The molecule has 0 saturated heterocycles. The summed E-state index contributed by atoms with van der Waals surface area (Å²) in [6, 6.07) is 7.38. The number of sulfonamides is 1. The van der Waals surface area contributed by atoms with Crippen LogP contribution < -0.4 is 20.7 Å². The average molecular weight is 481 g/mol. The van der Waals surface area contributed by atoms with Gasteiger partial charge in [0.25, 0.3) is 5.91 Å². The molecule has 180 valence electrons. The summed E-state index contributed by atoms with van der Waals surface area (Å²) in [4.78, 5) is 34.0. The van der Waals surface area contributed by atoms with Gasteiger partial charge in [-0.2, -0.15) is 4.72 Å². The molecule has 0 spiro atoms. The van der Waals surface area contributed by atoms with Crippen molar-refractivity contribution in [2.45, 2.75) is 48.8 Å². The number of carbonyl (C=O) groups is 2. The number of hydrogen-bond donors (Lipinski definition) is 5. The molecule has 5 N–H and O–H groups in total. The summed E-state index contributed by atoms with van der Waals surface area (Å²) in [5.74, 6) is -1.55. The number of guanidine groups is 1. The second kappa shape index (κ2) is 11.1. The predicted molar refractivity (Wildman–Crippen MR) is 120 cm³/mol. The zero-order valence-electron chi connectivity index (χ0n) is 18.0. The van der Waals surface area contributed by atoms with E-state index in [1.165, 1.54) is 30.5 Å². The van der Waals surface area contributed by atoms with E-state index < -0.39 is 33.7 Å². The Hall–Kier alpha value is -3.19. The van der Waals surface area contributed by atoms with Gasteiger partial charge in [0.05, 0.1) is 11.4 Å². The highest BCUT2D eigenvalue weighted by Gasteiger charge is 2.45. The minimum Gasteiger partial charge on any atom is -0.478 e. The van der Waals surface area contributed by atoms with Crippen LogP contribution in [0, 0.1) is 0 Å². The van der Waals surface area contributed by atoms with E-state index in [2.05, 4.69) is 30.8 Å². The molecule has 1 amide bonds. The smallest absolute Gasteiger partial charge is 0.345 e. The monoisotopic (exact) mass is 480 g/mol. The van der Waals surface area contributed by atoms with Crippen LogP contribution in [0.5, 0.6) is 0 Å². The van der Waals surface area contributed by atoms with Crippen molar-refractivity contribution in [3.05, 3.63) is 30.3 Å². The molecule has 12 nitrogen and oxygen atoms in total. The Bertz CT molecular complexity index is 992. The van der Waals surface area contributed by atoms with Crippen LogP contribution in [0.2, 0.25) is 0 Å². The van der Waals surface area contributed by atoms with Gasteiger partial charge in [-0.3, -0.25) is 9.79 Å². The molecule has 2 aliphatic rings. The minimum atomic E-state index is -4.24. The van der Waals surface area contributed by atoms with Gasteiger partial charge in [-0.1, -0.05) is 29.8 Å². The molecular formula is C20H28N6O6S. The summed E-state index contributed by atoms with van der Waals surface area (Å²) < 4.78 is 28.1. The van der Waals surface area contributed by atoms with E-state index >= 15 is 0 Å². The second-order valence-electron chi connectivity index (χ2n) is 7.63. The van der Waals surface area contributed by atoms with Gasteiger partial charge in [0.1, 0.15) is 0 Å². The van der Waals surface area contributed by atoms with E-state index in [9.17, 15) is 23.1 Å². The minimum absolute atomic E-state index is 0.112. The van der Waals surface area contributed by atoms with E-state index in [4.69, 9.17) is 4.84 Å². The summed E-state index contributed by atoms with van der Waals surface area (Å²) >= 11 is 0. The van der Waals surface area contributed by atoms with E-state index in [0.717, 1.165) is 19.0 Å². The number of carboxylic acid groups (broad SMARTS) is 1. The SMILES string of the molecule is O=C(NC(CCCCCNC1=NCCN1)(NS(=O)(=O)c1ccccc1)C(=O)O)C1CC=NO1. The normalized spacial score (nSPS) is 19.2. The van der Waals surface area contributed by atoms with Gasteiger partial charge >= 0.3 is 5.97 Å². The lowest BCUT2D eigenvalue weighted by Gasteiger charge is -2.32. The third-order valence-electron chi connectivity index (χ3n) is 5.13. The zero-order chi connectivity index (χ0) is 23.7. The van der Waals surface area contributed by atoms with Gasteiger partial charge in [0.15, 0.2) is 5.96 Å². The number of oxime groups is 1. The molecule has 33 heavy (non-hydrogen) atoms. The maximum absolute atomic E-state index is 12.9. The lowest BCUT2D eigenvalue weighted by molar-refractivity contribution is -0.151. The molecule has 0 radical (unpaired) electrons. The number of aliphatic imine (C=N–C) groups is 1. The van der Waals surface area contributed by atoms with Gasteiger partial charge in [0, 0.05) is 25.7 Å². The molecule has 0 fully saturated rings. The van der Waals surface area contributed by atoms with Crippen LogP contribution in [-0.2, 0) is 24.4 Å². The standard InChI is InChI=1S/C20H28N6O6S/c27-17(16-9-12-24-32-16)25-20(18(28)29,26-33(30,31)15-7-3-1-4-8-15)10-5-2-6-11-21-19-22-13-14-23-19/h1,3-4,7-8,12,16,26H,2,5-6,9-11,13-14H2,(H,25,27)(H,28,29)(H2,21,22,23). The Kier molecular flexibility index (Phi) is 8.22. The second-order valence-corrected chi connectivity index (χ2v) is 9.31. The van der Waals surface area contributed by atoms with Crippen molar-refractivity contribution in [1.29, 1.82) is 0 Å². The predicted octanol–water partition coefficient (Wildman–Crippen LogP) is -0.254. The Morgan fingerprint density at radius 2 is 2.00 bits per heavy atom. The first-order chi connectivity index (χ1) is 15.8. The average Bonchev–Trinajstić information content (AvgIpc) is 3.50. The third-order valence-corrected chi connectivity index (χ3v) is 6.64. The lowest BCUT2D eigenvalue weighted by Crippen LogP contribution is -2.66. The number of unbranched alkanes of at least 4 members (excludes halogenated alkanes) is 2. The zero-order valence-corrected chi connectivity index (χ0v) is 18.8. The number of benzene rings is 1. The van der Waals surface area contributed by atoms with Gasteiger partial charge < -0.3 is 25.9 Å². The first-order valence-electron chi connectivity index (χ1n) is 10.7. The molecule has 2 atom stereocenters. The Balaban J connectivity index is 1.68. The summed E-state index contributed by atoms with van der Waals surface area (Å²) in [6.07, 6.45) is 2.01. The summed E-state index contributed by atoms with van der Waals surface area (Å²) in [6.45, 7) is 2.14. The quantitative estimate of drug-likeness (QED) is 0.201. The van der Waals surface area contributed by atoms with Crippen molar-refractivity contribution in [3.63, 3.8) is 0 Å². The molecule has 13 heteroatoms. The largest absolute Gasteiger partial charge is 0.478 e. The highest BCUT2D eigenvalue weighted by atomic mass is 32.2. The van der Waals surface area contributed by atoms with Crippen molar-refractivity contribution in [3.8, 4) is 0 Å². The number of carbonyl (C=O) groups excluding carboxylic acids is 1. The molecule has 1 aromatic rings. The first-order valence-corrected chi connectivity index (χ1v) is 12.1. The van der Waals surface area contributed by atoms with Crippen molar-refractivity contribution in [2.24, 2.45) is 10.1 Å². The number of rotatable bonds is 12. The maximum Gasteiger partial charge on any atom is 0.345 e. The van der Waals surface area contributed by atoms with Crippen molar-refractivity contribution >= 4 is 34.1 Å². The van der Waals surface area contributed by atoms with E-state index in [1.54, 1.807) is 6.07 Å². The number of hydrogen-bond acceptors (Lipinski definition) is 9. The molecular weight excluding hydrogens is 452 g/mol. The Labute approximate surface area is 191 Å². The van der Waals surface area contributed by atoms with Crippen LogP contribution in [0.15, 0.2) is 45.4 Å². The van der Waals surface area contributed by atoms with Crippen LogP contribution in [0.25, 0.3) is 0 Å². The van der Waals surface area contributed by atoms with Crippen LogP contribution in [-0.4, -0.2) is 69.0 Å². The van der Waals surface area contributed by atoms with Gasteiger partial charge in [0.2, 0.25) is 21.8 Å². The maximum atomic E-state index is 12.9. The fraction of sp³-hybridized carbons (Fsp3) is 0.500. The summed E-state index contributed by atoms with van der Waals surface area (Å²) in [7, 11) is -4.24. The van der Waals surface area contributed by atoms with Crippen molar-refractivity contribution in [1.82, 2.24) is 20.7 Å². The highest BCUT2D eigenvalue weighted by molar-refractivity contribution is 7.89. The van der Waals surface area contributed by atoms with Crippen LogP contribution in [0.4, 0.5) is 0 Å². The number of amides is 1. The van der Waals surface area contributed by atoms with Gasteiger partial charge in [-0.05, 0) is 31.4 Å². The number of nitrogens with zero attached hydrogens (tertiary/aromatic N) is 2. The molecule has 3 rings (SSSR count). The fourth-order valence-electron chi connectivity index (χ4n) is 3.39. The molecule has 0 bridgehead atoms. The molecule has 0 aliphatic carbocycles. The fourth-order valence-corrected chi connectivity index (χ4v) is 4.72. The summed E-state index contributed by atoms with van der Waals surface area (Å²) in [5, 5.41) is 22.1. The molecule has 2 aliphatic heterocycles. The van der Waals surface area contributed by atoms with Crippen LogP contribution in [0.1, 0.15) is 32.1 Å². The van der Waals surface area contributed by atoms with E-state index in [0.29, 0.717) is 25.8 Å². The number of carboxylic acids is 1. The molecule has 0 saturated carbocycles. The van der Waals surface area contributed by atoms with Gasteiger partial charge in [-0.15, -0.1) is 0 Å². The van der Waals surface area contributed by atoms with Crippen molar-refractivity contribution in [2.75, 3.05) is 19.6 Å². The van der Waals surface area contributed by atoms with E-state index in [-0.39, 0.29) is 17.7 Å². The topological polar surface area (TPSA) is 171 Å². The highest BCUT2D eigenvalue weighted by Crippen LogP contribution is 2.19. The van der Waals surface area contributed by atoms with Crippen molar-refractivity contribution < 1.29 is 28.0 Å². The molecule has 2 heterocycles. The lowest BCUT2D eigenvalue weighted by atomic mass is 10.0. The number of nitrogens with one attached hydrogen (secondary N) is 4. The van der Waals surface area contributed by atoms with Gasteiger partial charge in [-0.25, -0.2) is 13.2 Å². The number of aliphatic carboxylic acids is 1. The molecule has 0 aromatic heterocycles. The van der Waals surface area contributed by atoms with Crippen LogP contribution in [0.3, 0.4) is 0 Å². The molecule has 2 unspecified atom stereocenters. The Morgan fingerprint density at radius 3 is 2.64 bits per heavy atom.